The fourth-order valence-corrected chi connectivity index (χ4v) is 4.98. The lowest BCUT2D eigenvalue weighted by molar-refractivity contribution is -0.0919. The second kappa shape index (κ2) is 5.99. The third-order valence-corrected chi connectivity index (χ3v) is 6.81. The van der Waals surface area contributed by atoms with E-state index in [0.717, 1.165) is 30.6 Å². The van der Waals surface area contributed by atoms with Crippen molar-refractivity contribution in [2.75, 3.05) is 0 Å². The van der Waals surface area contributed by atoms with E-state index in [4.69, 9.17) is 0 Å². The monoisotopic (exact) mass is 280 g/mol. The summed E-state index contributed by atoms with van der Waals surface area (Å²) in [4.78, 5) is 0. The summed E-state index contributed by atoms with van der Waals surface area (Å²) in [6.07, 6.45) is 9.68. The van der Waals surface area contributed by atoms with E-state index in [2.05, 4.69) is 34.6 Å². The fourth-order valence-electron chi connectivity index (χ4n) is 4.98. The molecule has 1 heteroatoms. The summed E-state index contributed by atoms with van der Waals surface area (Å²) in [7, 11) is 0. The summed E-state index contributed by atoms with van der Waals surface area (Å²) < 4.78 is 0. The van der Waals surface area contributed by atoms with Crippen LogP contribution in [0.15, 0.2) is 0 Å². The molecule has 0 aromatic heterocycles. The molecule has 2 aliphatic rings. The Morgan fingerprint density at radius 2 is 1.50 bits per heavy atom. The van der Waals surface area contributed by atoms with Gasteiger partial charge in [0.15, 0.2) is 0 Å². The lowest BCUT2D eigenvalue weighted by Gasteiger charge is -2.48. The molecule has 2 saturated carbocycles. The first-order chi connectivity index (χ1) is 9.27. The molecule has 2 unspecified atom stereocenters. The van der Waals surface area contributed by atoms with Gasteiger partial charge >= 0.3 is 0 Å². The van der Waals surface area contributed by atoms with Crippen molar-refractivity contribution in [1.82, 2.24) is 0 Å². The number of rotatable bonds is 3. The summed E-state index contributed by atoms with van der Waals surface area (Å²) in [6, 6.07) is 0. The molecule has 1 N–H and O–H groups in total. The highest BCUT2D eigenvalue weighted by Crippen LogP contribution is 2.49. The Morgan fingerprint density at radius 3 is 1.95 bits per heavy atom. The maximum Gasteiger partial charge on any atom is 0.0676 e. The van der Waals surface area contributed by atoms with E-state index in [1.165, 1.54) is 38.5 Å². The minimum Gasteiger partial charge on any atom is -0.390 e. The van der Waals surface area contributed by atoms with Crippen LogP contribution in [0.3, 0.4) is 0 Å². The van der Waals surface area contributed by atoms with Crippen molar-refractivity contribution in [1.29, 1.82) is 0 Å². The minimum atomic E-state index is -0.344. The van der Waals surface area contributed by atoms with E-state index in [0.29, 0.717) is 11.3 Å². The van der Waals surface area contributed by atoms with Gasteiger partial charge in [-0.05, 0) is 74.0 Å². The van der Waals surface area contributed by atoms with E-state index in [1.54, 1.807) is 0 Å². The van der Waals surface area contributed by atoms with Gasteiger partial charge in [-0.1, -0.05) is 41.0 Å². The van der Waals surface area contributed by atoms with Crippen LogP contribution in [0.4, 0.5) is 0 Å². The molecule has 0 aromatic rings. The van der Waals surface area contributed by atoms with E-state index in [1.807, 2.05) is 0 Å². The van der Waals surface area contributed by atoms with Gasteiger partial charge in [0.1, 0.15) is 0 Å². The quantitative estimate of drug-likeness (QED) is 0.732. The average Bonchev–Trinajstić information content (AvgIpc) is 2.38. The zero-order chi connectivity index (χ0) is 15.0. The van der Waals surface area contributed by atoms with Crippen molar-refractivity contribution < 1.29 is 5.11 Å². The average molecular weight is 280 g/mol. The molecule has 2 rings (SSSR count). The van der Waals surface area contributed by atoms with Gasteiger partial charge in [-0.2, -0.15) is 0 Å². The molecule has 2 aliphatic carbocycles. The van der Waals surface area contributed by atoms with Crippen LogP contribution >= 0.6 is 0 Å². The highest BCUT2D eigenvalue weighted by Gasteiger charge is 2.44. The first kappa shape index (κ1) is 16.3. The van der Waals surface area contributed by atoms with Crippen molar-refractivity contribution in [2.45, 2.75) is 91.6 Å². The molecule has 0 aliphatic heterocycles. The van der Waals surface area contributed by atoms with Gasteiger partial charge < -0.3 is 5.11 Å². The molecule has 0 aromatic carbocycles. The van der Waals surface area contributed by atoms with Crippen LogP contribution < -0.4 is 0 Å². The summed E-state index contributed by atoms with van der Waals surface area (Å²) >= 11 is 0. The van der Waals surface area contributed by atoms with E-state index >= 15 is 0 Å². The molecule has 0 heterocycles. The summed E-state index contributed by atoms with van der Waals surface area (Å²) in [5.74, 6) is 2.98. The van der Waals surface area contributed by atoms with Gasteiger partial charge in [0, 0.05) is 0 Å². The standard InChI is InChI=1S/C19H36O/c1-6-18(4,5)16-7-9-19(20,10-8-16)17-12-14(2)11-15(3)13-17/h14-17,20H,6-13H2,1-5H3. The highest BCUT2D eigenvalue weighted by molar-refractivity contribution is 4.96. The van der Waals surface area contributed by atoms with Crippen molar-refractivity contribution in [3.05, 3.63) is 0 Å². The van der Waals surface area contributed by atoms with Gasteiger partial charge in [-0.3, -0.25) is 0 Å². The van der Waals surface area contributed by atoms with Gasteiger partial charge in [-0.25, -0.2) is 0 Å². The Labute approximate surface area is 126 Å². The lowest BCUT2D eigenvalue weighted by atomic mass is 9.60. The van der Waals surface area contributed by atoms with Gasteiger partial charge in [0.05, 0.1) is 5.60 Å². The zero-order valence-corrected chi connectivity index (χ0v) is 14.4. The van der Waals surface area contributed by atoms with Gasteiger partial charge in [-0.15, -0.1) is 0 Å². The Bertz CT molecular complexity index is 302. The number of hydrogen-bond acceptors (Lipinski definition) is 1. The molecule has 0 amide bonds. The Kier molecular flexibility index (Phi) is 4.89. The first-order valence-electron chi connectivity index (χ1n) is 8.99. The van der Waals surface area contributed by atoms with Crippen LogP contribution in [-0.2, 0) is 0 Å². The number of aliphatic hydroxyl groups is 1. The fraction of sp³-hybridized carbons (Fsp3) is 1.00. The summed E-state index contributed by atoms with van der Waals surface area (Å²) in [5.41, 5.74) is 0.109. The SMILES string of the molecule is CCC(C)(C)C1CCC(O)(C2CC(C)CC(C)C2)CC1. The molecule has 1 nitrogen and oxygen atoms in total. The van der Waals surface area contributed by atoms with Crippen molar-refractivity contribution in [3.8, 4) is 0 Å². The smallest absolute Gasteiger partial charge is 0.0676 e. The van der Waals surface area contributed by atoms with Crippen LogP contribution in [0.25, 0.3) is 0 Å². The summed E-state index contributed by atoms with van der Waals surface area (Å²) in [5, 5.41) is 11.2. The van der Waals surface area contributed by atoms with Crippen LogP contribution in [0, 0.1) is 29.1 Å². The van der Waals surface area contributed by atoms with E-state index in [9.17, 15) is 5.11 Å². The zero-order valence-electron chi connectivity index (χ0n) is 14.4. The molecule has 0 spiro atoms. The second-order valence-corrected chi connectivity index (χ2v) is 8.83. The molecular weight excluding hydrogens is 244 g/mol. The third-order valence-electron chi connectivity index (χ3n) is 6.81. The molecule has 2 fully saturated rings. The Balaban J connectivity index is 1.97. The Hall–Kier alpha value is -0.0400. The predicted octanol–water partition coefficient (Wildman–Crippen LogP) is 5.42. The van der Waals surface area contributed by atoms with Crippen LogP contribution in [-0.4, -0.2) is 10.7 Å². The first-order valence-corrected chi connectivity index (χ1v) is 8.99. The number of hydrogen-bond donors (Lipinski definition) is 1. The van der Waals surface area contributed by atoms with Crippen molar-refractivity contribution >= 4 is 0 Å². The van der Waals surface area contributed by atoms with Crippen molar-refractivity contribution in [3.63, 3.8) is 0 Å². The predicted molar refractivity (Wildman–Crippen MR) is 86.6 cm³/mol. The lowest BCUT2D eigenvalue weighted by Crippen LogP contribution is -2.46. The maximum absolute atomic E-state index is 11.2. The highest BCUT2D eigenvalue weighted by atomic mass is 16.3. The molecule has 0 radical (unpaired) electrons. The second-order valence-electron chi connectivity index (χ2n) is 8.83. The maximum atomic E-state index is 11.2. The third kappa shape index (κ3) is 3.40. The molecule has 0 bridgehead atoms. The Morgan fingerprint density at radius 1 is 1.00 bits per heavy atom. The van der Waals surface area contributed by atoms with Gasteiger partial charge in [0.25, 0.3) is 0 Å². The topological polar surface area (TPSA) is 20.2 Å². The molecule has 2 atom stereocenters. The van der Waals surface area contributed by atoms with E-state index in [-0.39, 0.29) is 5.60 Å². The van der Waals surface area contributed by atoms with E-state index < -0.39 is 0 Å². The van der Waals surface area contributed by atoms with Crippen LogP contribution in [0.2, 0.25) is 0 Å². The van der Waals surface area contributed by atoms with Crippen LogP contribution in [0.1, 0.15) is 86.0 Å². The minimum absolute atomic E-state index is 0.344. The largest absolute Gasteiger partial charge is 0.390 e. The normalized spacial score (nSPS) is 43.5. The summed E-state index contributed by atoms with van der Waals surface area (Å²) in [6.45, 7) is 11.9. The van der Waals surface area contributed by atoms with Crippen LogP contribution in [0.5, 0.6) is 0 Å². The molecule has 0 saturated heterocycles. The van der Waals surface area contributed by atoms with Gasteiger partial charge in [0.2, 0.25) is 0 Å². The molecular formula is C19H36O. The molecule has 118 valence electrons. The van der Waals surface area contributed by atoms with Crippen molar-refractivity contribution in [2.24, 2.45) is 29.1 Å². The molecule has 20 heavy (non-hydrogen) atoms.